The number of halogens is 1. The van der Waals surface area contributed by atoms with Crippen molar-refractivity contribution in [2.24, 2.45) is 0 Å². The number of aryl methyl sites for hydroxylation is 1. The number of amides is 1. The molecule has 2 aromatic heterocycles. The summed E-state index contributed by atoms with van der Waals surface area (Å²) < 4.78 is 48.8. The van der Waals surface area contributed by atoms with Gasteiger partial charge in [0.25, 0.3) is 5.89 Å². The topological polar surface area (TPSA) is 128 Å². The van der Waals surface area contributed by atoms with Gasteiger partial charge in [0.15, 0.2) is 0 Å². The normalized spacial score (nSPS) is 13.1. The highest BCUT2D eigenvalue weighted by Crippen LogP contribution is 2.39. The van der Waals surface area contributed by atoms with E-state index in [2.05, 4.69) is 15.5 Å². The van der Waals surface area contributed by atoms with Gasteiger partial charge in [-0.2, -0.15) is 0 Å². The van der Waals surface area contributed by atoms with Gasteiger partial charge in [-0.15, -0.1) is 16.4 Å². The quantitative estimate of drug-likeness (QED) is 0.550. The minimum atomic E-state index is -4.30. The lowest BCUT2D eigenvalue weighted by Gasteiger charge is -2.06. The van der Waals surface area contributed by atoms with Gasteiger partial charge in [-0.25, -0.2) is 17.6 Å². The first-order valence-electron chi connectivity index (χ1n) is 9.14. The molecule has 0 radical (unpaired) electrons. The second-order valence-corrected chi connectivity index (χ2v) is 9.69. The second-order valence-electron chi connectivity index (χ2n) is 6.71. The number of aromatic nitrogens is 2. The van der Waals surface area contributed by atoms with E-state index >= 15 is 0 Å². The molecule has 0 fully saturated rings. The lowest BCUT2D eigenvalue weighted by molar-refractivity contribution is -0.113. The molecule has 3 aromatic rings. The summed E-state index contributed by atoms with van der Waals surface area (Å²) >= 11 is 1.22. The van der Waals surface area contributed by atoms with Gasteiger partial charge in [0.1, 0.15) is 16.6 Å². The molecule has 1 aliphatic rings. The number of carbonyl (C=O) groups excluding carboxylic acids is 2. The van der Waals surface area contributed by atoms with Crippen LogP contribution in [0.25, 0.3) is 11.5 Å². The standard InChI is InChI=1S/C19H16FN3O6S2/c1-28-18(25)15-11-6-4-8-13(11)30-17(15)21-14(24)9-31(26,27)19-23-22-16(29-19)10-5-2-3-7-12(10)20/h2-3,5,7H,4,6,8-9H2,1H3,(H,21,24). The van der Waals surface area contributed by atoms with Crippen molar-refractivity contribution in [1.82, 2.24) is 10.2 Å². The highest BCUT2D eigenvalue weighted by atomic mass is 32.2. The summed E-state index contributed by atoms with van der Waals surface area (Å²) in [7, 11) is -3.06. The van der Waals surface area contributed by atoms with Crippen LogP contribution in [0, 0.1) is 5.82 Å². The summed E-state index contributed by atoms with van der Waals surface area (Å²) in [6.07, 6.45) is 2.36. The van der Waals surface area contributed by atoms with Crippen LogP contribution >= 0.6 is 11.3 Å². The van der Waals surface area contributed by atoms with Crippen molar-refractivity contribution in [3.05, 3.63) is 46.1 Å². The maximum Gasteiger partial charge on any atom is 0.341 e. The third-order valence-corrected chi connectivity index (χ3v) is 7.21. The third kappa shape index (κ3) is 4.08. The number of nitrogens with zero attached hydrogens (tertiary/aromatic N) is 2. The summed E-state index contributed by atoms with van der Waals surface area (Å²) in [5.74, 6) is -3.44. The molecule has 4 rings (SSSR count). The number of carbonyl (C=O) groups is 2. The Morgan fingerprint density at radius 3 is 2.77 bits per heavy atom. The minimum absolute atomic E-state index is 0.0586. The van der Waals surface area contributed by atoms with E-state index in [1.807, 2.05) is 0 Å². The van der Waals surface area contributed by atoms with Crippen molar-refractivity contribution in [1.29, 1.82) is 0 Å². The van der Waals surface area contributed by atoms with Crippen molar-refractivity contribution in [3.63, 3.8) is 0 Å². The molecule has 1 N–H and O–H groups in total. The van der Waals surface area contributed by atoms with Gasteiger partial charge in [0.05, 0.1) is 18.2 Å². The molecule has 0 aliphatic heterocycles. The molecule has 0 unspecified atom stereocenters. The lowest BCUT2D eigenvalue weighted by Crippen LogP contribution is -2.24. The predicted octanol–water partition coefficient (Wildman–Crippen LogP) is 2.62. The Hall–Kier alpha value is -3.12. The van der Waals surface area contributed by atoms with Crippen LogP contribution in [0.2, 0.25) is 0 Å². The third-order valence-electron chi connectivity index (χ3n) is 4.66. The molecule has 2 heterocycles. The number of thiophene rings is 1. The Morgan fingerprint density at radius 1 is 1.26 bits per heavy atom. The minimum Gasteiger partial charge on any atom is -0.465 e. The Morgan fingerprint density at radius 2 is 2.03 bits per heavy atom. The van der Waals surface area contributed by atoms with Crippen molar-refractivity contribution < 1.29 is 31.6 Å². The molecule has 9 nitrogen and oxygen atoms in total. The zero-order chi connectivity index (χ0) is 22.2. The first-order valence-corrected chi connectivity index (χ1v) is 11.6. The number of methoxy groups -OCH3 is 1. The lowest BCUT2D eigenvalue weighted by atomic mass is 10.1. The van der Waals surface area contributed by atoms with Gasteiger partial charge < -0.3 is 14.5 Å². The molecule has 0 saturated carbocycles. The number of nitrogens with one attached hydrogen (secondary N) is 1. The number of ether oxygens (including phenoxy) is 1. The molecule has 12 heteroatoms. The fraction of sp³-hybridized carbons (Fsp3) is 0.263. The van der Waals surface area contributed by atoms with E-state index in [1.54, 1.807) is 0 Å². The van der Waals surface area contributed by atoms with Crippen LogP contribution in [0.1, 0.15) is 27.2 Å². The molecule has 0 spiro atoms. The van der Waals surface area contributed by atoms with Crippen LogP contribution in [0.5, 0.6) is 0 Å². The average molecular weight is 465 g/mol. The number of hydrogen-bond acceptors (Lipinski definition) is 9. The van der Waals surface area contributed by atoms with Gasteiger partial charge in [0.2, 0.25) is 15.7 Å². The number of sulfone groups is 1. The predicted molar refractivity (Wildman–Crippen MR) is 108 cm³/mol. The van der Waals surface area contributed by atoms with Gasteiger partial charge in [-0.05, 0) is 37.0 Å². The van der Waals surface area contributed by atoms with E-state index in [9.17, 15) is 22.4 Å². The number of rotatable bonds is 6. The van der Waals surface area contributed by atoms with Gasteiger partial charge >= 0.3 is 11.2 Å². The number of hydrogen-bond donors (Lipinski definition) is 1. The zero-order valence-corrected chi connectivity index (χ0v) is 17.8. The van der Waals surface area contributed by atoms with Crippen LogP contribution in [-0.4, -0.2) is 43.4 Å². The van der Waals surface area contributed by atoms with Crippen LogP contribution in [0.4, 0.5) is 9.39 Å². The number of anilines is 1. The monoisotopic (exact) mass is 465 g/mol. The molecule has 0 saturated heterocycles. The number of esters is 1. The van der Waals surface area contributed by atoms with Crippen LogP contribution in [0.3, 0.4) is 0 Å². The summed E-state index contributed by atoms with van der Waals surface area (Å²) in [5, 5.41) is 8.92. The smallest absolute Gasteiger partial charge is 0.341 e. The first kappa shape index (κ1) is 21.1. The molecular weight excluding hydrogens is 449 g/mol. The Kier molecular flexibility index (Phi) is 5.58. The number of benzene rings is 1. The molecule has 1 aromatic carbocycles. The van der Waals surface area contributed by atoms with Crippen molar-refractivity contribution in [3.8, 4) is 11.5 Å². The Labute approximate surface area is 180 Å². The summed E-state index contributed by atoms with van der Waals surface area (Å²) in [6, 6.07) is 5.51. The van der Waals surface area contributed by atoms with Crippen LogP contribution in [-0.2, 0) is 32.2 Å². The number of fused-ring (bicyclic) bond motifs is 1. The highest BCUT2D eigenvalue weighted by molar-refractivity contribution is 7.91. The maximum atomic E-state index is 13.9. The fourth-order valence-electron chi connectivity index (χ4n) is 3.29. The largest absolute Gasteiger partial charge is 0.465 e. The molecular formula is C19H16FN3O6S2. The van der Waals surface area contributed by atoms with E-state index in [0.717, 1.165) is 23.3 Å². The van der Waals surface area contributed by atoms with Crippen molar-refractivity contribution in [2.45, 2.75) is 24.5 Å². The summed E-state index contributed by atoms with van der Waals surface area (Å²) in [5.41, 5.74) is 1.02. The highest BCUT2D eigenvalue weighted by Gasteiger charge is 2.31. The fourth-order valence-corrected chi connectivity index (χ4v) is 5.49. The van der Waals surface area contributed by atoms with Crippen molar-refractivity contribution >= 4 is 38.1 Å². The van der Waals surface area contributed by atoms with E-state index in [0.29, 0.717) is 6.42 Å². The van der Waals surface area contributed by atoms with Crippen molar-refractivity contribution in [2.75, 3.05) is 18.2 Å². The Bertz CT molecular complexity index is 1280. The molecule has 162 valence electrons. The molecule has 0 bridgehead atoms. The van der Waals surface area contributed by atoms with E-state index in [1.165, 1.54) is 42.7 Å². The molecule has 1 aliphatic carbocycles. The average Bonchev–Trinajstić information content (AvgIpc) is 3.43. The SMILES string of the molecule is COC(=O)c1c(NC(=O)CS(=O)(=O)c2nnc(-c3ccccc3F)o2)sc2c1CCC2. The van der Waals surface area contributed by atoms with Gasteiger partial charge in [-0.1, -0.05) is 17.2 Å². The molecule has 31 heavy (non-hydrogen) atoms. The maximum absolute atomic E-state index is 13.9. The molecule has 0 atom stereocenters. The van der Waals surface area contributed by atoms with Gasteiger partial charge in [-0.3, -0.25) is 4.79 Å². The summed E-state index contributed by atoms with van der Waals surface area (Å²) in [4.78, 5) is 25.6. The first-order chi connectivity index (χ1) is 14.8. The Balaban J connectivity index is 1.53. The molecule has 1 amide bonds. The van der Waals surface area contributed by atoms with Crippen LogP contribution in [0.15, 0.2) is 33.9 Å². The van der Waals surface area contributed by atoms with E-state index < -0.39 is 38.5 Å². The van der Waals surface area contributed by atoms with Crippen LogP contribution < -0.4 is 5.32 Å². The zero-order valence-electron chi connectivity index (χ0n) is 16.2. The summed E-state index contributed by atoms with van der Waals surface area (Å²) in [6.45, 7) is 0. The second kappa shape index (κ2) is 8.19. The van der Waals surface area contributed by atoms with E-state index in [4.69, 9.17) is 9.15 Å². The van der Waals surface area contributed by atoms with E-state index in [-0.39, 0.29) is 22.0 Å². The van der Waals surface area contributed by atoms with Gasteiger partial charge in [0, 0.05) is 4.88 Å².